The maximum Gasteiger partial charge on any atom is 0.264 e. The van der Waals surface area contributed by atoms with E-state index in [0.717, 1.165) is 49.6 Å². The van der Waals surface area contributed by atoms with Crippen LogP contribution in [0.3, 0.4) is 0 Å². The number of rotatable bonds is 13. The maximum atomic E-state index is 14.7. The van der Waals surface area contributed by atoms with Crippen LogP contribution in [0.1, 0.15) is 46.7 Å². The van der Waals surface area contributed by atoms with E-state index in [2.05, 4.69) is 20.6 Å². The molecule has 4 heterocycles. The van der Waals surface area contributed by atoms with Crippen molar-refractivity contribution in [2.75, 3.05) is 22.1 Å². The van der Waals surface area contributed by atoms with Crippen LogP contribution in [0.25, 0.3) is 21.8 Å². The van der Waals surface area contributed by atoms with Gasteiger partial charge in [0.1, 0.15) is 0 Å². The molecule has 0 spiro atoms. The summed E-state index contributed by atoms with van der Waals surface area (Å²) in [5.74, 6) is -1.99. The van der Waals surface area contributed by atoms with Crippen LogP contribution >= 0.6 is 0 Å². The fourth-order valence-corrected chi connectivity index (χ4v) is 9.10. The van der Waals surface area contributed by atoms with E-state index in [-0.39, 0.29) is 56.2 Å². The number of aliphatic hydroxyl groups is 2. The van der Waals surface area contributed by atoms with Crippen molar-refractivity contribution in [2.24, 2.45) is 5.92 Å². The van der Waals surface area contributed by atoms with Gasteiger partial charge in [-0.1, -0.05) is 91.9 Å². The summed E-state index contributed by atoms with van der Waals surface area (Å²) in [7, 11) is 0. The number of aromatic nitrogens is 2. The molecular weight excluding hydrogens is 793 g/mol. The van der Waals surface area contributed by atoms with Crippen molar-refractivity contribution in [3.8, 4) is 0 Å². The zero-order valence-corrected chi connectivity index (χ0v) is 34.8. The summed E-state index contributed by atoms with van der Waals surface area (Å²) >= 11 is 0. The number of para-hydroxylation sites is 2. The normalized spacial score (nSPS) is 17.6. The predicted octanol–water partition coefficient (Wildman–Crippen LogP) is 7.27. The first-order valence-electron chi connectivity index (χ1n) is 21.2. The molecule has 9 rings (SSSR count). The van der Waals surface area contributed by atoms with Gasteiger partial charge in [0.25, 0.3) is 5.91 Å². The van der Waals surface area contributed by atoms with E-state index in [4.69, 9.17) is 0 Å². The quantitative estimate of drug-likeness (QED) is 0.0667. The number of anilines is 3. The molecule has 2 aliphatic heterocycles. The van der Waals surface area contributed by atoms with Crippen LogP contribution in [0.4, 0.5) is 17.1 Å². The lowest BCUT2D eigenvalue weighted by Gasteiger charge is -2.36. The van der Waals surface area contributed by atoms with E-state index in [1.165, 1.54) is 4.90 Å². The fraction of sp³-hybridized carbons (Fsp3) is 0.216. The fourth-order valence-electron chi connectivity index (χ4n) is 9.10. The van der Waals surface area contributed by atoms with Crippen molar-refractivity contribution < 1.29 is 29.4 Å². The van der Waals surface area contributed by atoms with Crippen molar-refractivity contribution in [1.82, 2.24) is 14.9 Å². The zero-order valence-electron chi connectivity index (χ0n) is 34.8. The van der Waals surface area contributed by atoms with Gasteiger partial charge in [0.05, 0.1) is 37.7 Å². The van der Waals surface area contributed by atoms with Crippen molar-refractivity contribution in [3.05, 3.63) is 173 Å². The van der Waals surface area contributed by atoms with Gasteiger partial charge in [-0.05, 0) is 76.7 Å². The molecule has 5 aromatic carbocycles. The average molecular weight is 841 g/mol. The van der Waals surface area contributed by atoms with Gasteiger partial charge in [-0.25, -0.2) is 0 Å². The topological polar surface area (TPSA) is 171 Å². The second kappa shape index (κ2) is 17.2. The molecule has 0 radical (unpaired) electrons. The number of benzene rings is 5. The molecular formula is C51H48N6O6. The van der Waals surface area contributed by atoms with Crippen molar-refractivity contribution in [1.29, 1.82) is 0 Å². The van der Waals surface area contributed by atoms with E-state index in [1.807, 2.05) is 97.3 Å². The summed E-state index contributed by atoms with van der Waals surface area (Å²) < 4.78 is 0. The van der Waals surface area contributed by atoms with Gasteiger partial charge in [0.15, 0.2) is 5.60 Å². The molecule has 0 unspecified atom stereocenters. The zero-order chi connectivity index (χ0) is 43.7. The van der Waals surface area contributed by atoms with Gasteiger partial charge in [0, 0.05) is 70.0 Å². The van der Waals surface area contributed by atoms with Crippen molar-refractivity contribution in [2.45, 2.75) is 57.3 Å². The Morgan fingerprint density at radius 2 is 1.41 bits per heavy atom. The number of nitrogens with zero attached hydrogens (tertiary/aromatic N) is 2. The molecule has 0 fully saturated rings. The number of H-pyrrole nitrogens is 2. The van der Waals surface area contributed by atoms with E-state index in [1.54, 1.807) is 54.3 Å². The van der Waals surface area contributed by atoms with Crippen molar-refractivity contribution >= 4 is 62.5 Å². The Balaban J connectivity index is 0.953. The molecule has 318 valence electrons. The molecule has 4 amide bonds. The molecule has 0 saturated heterocycles. The highest BCUT2D eigenvalue weighted by Gasteiger charge is 2.52. The Labute approximate surface area is 364 Å². The molecule has 0 bridgehead atoms. The lowest BCUT2D eigenvalue weighted by atomic mass is 9.82. The number of nitrogens with one attached hydrogen (secondary N) is 4. The maximum absolute atomic E-state index is 14.7. The summed E-state index contributed by atoms with van der Waals surface area (Å²) in [6.45, 7) is 2.03. The third kappa shape index (κ3) is 8.14. The van der Waals surface area contributed by atoms with Gasteiger partial charge in [-0.3, -0.25) is 19.2 Å². The van der Waals surface area contributed by atoms with Gasteiger partial charge in [-0.2, -0.15) is 0 Å². The molecule has 2 aromatic heterocycles. The van der Waals surface area contributed by atoms with Crippen LogP contribution < -0.4 is 15.5 Å². The first kappa shape index (κ1) is 41.1. The number of aromatic amines is 2. The first-order chi connectivity index (χ1) is 30.6. The molecule has 2 aliphatic rings. The number of carbonyl (C=O) groups is 4. The smallest absolute Gasteiger partial charge is 0.264 e. The Bertz CT molecular complexity index is 2910. The summed E-state index contributed by atoms with van der Waals surface area (Å²) in [6, 6.07) is 35.5. The summed E-state index contributed by atoms with van der Waals surface area (Å²) in [5.41, 5.74) is 6.18. The highest BCUT2D eigenvalue weighted by atomic mass is 16.3. The van der Waals surface area contributed by atoms with Crippen LogP contribution in [0.5, 0.6) is 0 Å². The third-order valence-corrected chi connectivity index (χ3v) is 12.4. The average Bonchev–Trinajstić information content (AvgIpc) is 3.96. The number of hydrogen-bond donors (Lipinski definition) is 6. The molecule has 6 N–H and O–H groups in total. The van der Waals surface area contributed by atoms with Crippen molar-refractivity contribution in [3.63, 3.8) is 0 Å². The number of carbonyl (C=O) groups excluding carboxylic acids is 4. The molecule has 0 aliphatic carbocycles. The SMILES string of the molecule is C[C@H](/C=C/CC(=O)N1Cc2ccccc2C[C@H]1CO)[C@@]1(O)C(=O)N(Cc2cccc(NC(=O)Cc3c[nH]c4ccccc34)c2)c2ccc(NC(=O)Cc3c[nH]c4ccccc34)cc21. The largest absolute Gasteiger partial charge is 0.394 e. The lowest BCUT2D eigenvalue weighted by molar-refractivity contribution is -0.139. The van der Waals surface area contributed by atoms with Gasteiger partial charge < -0.3 is 40.6 Å². The monoisotopic (exact) mass is 840 g/mol. The minimum atomic E-state index is -2.06. The predicted molar refractivity (Wildman–Crippen MR) is 244 cm³/mol. The minimum absolute atomic E-state index is 0.00655. The Morgan fingerprint density at radius 1 is 0.794 bits per heavy atom. The summed E-state index contributed by atoms with van der Waals surface area (Å²) in [6.07, 6.45) is 7.86. The van der Waals surface area contributed by atoms with Gasteiger partial charge >= 0.3 is 0 Å². The Hall–Kier alpha value is -7.28. The van der Waals surface area contributed by atoms with Gasteiger partial charge in [-0.15, -0.1) is 0 Å². The molecule has 12 nitrogen and oxygen atoms in total. The summed E-state index contributed by atoms with van der Waals surface area (Å²) in [5, 5.41) is 30.7. The highest BCUT2D eigenvalue weighted by Crippen LogP contribution is 2.47. The first-order valence-corrected chi connectivity index (χ1v) is 21.2. The van der Waals surface area contributed by atoms with E-state index >= 15 is 0 Å². The third-order valence-electron chi connectivity index (χ3n) is 12.4. The van der Waals surface area contributed by atoms with Gasteiger partial charge in [0.2, 0.25) is 17.7 Å². The standard InChI is InChI=1S/C51H48N6O6/c1-32(10-8-19-49(61)56-30-35-13-3-2-12-34(35)23-40(56)31-58)51(63)43-26-39(55-48(60)25-37-28-53-45-18-7-5-16-42(37)45)20-21-46(43)57(50(51)62)29-33-11-9-14-38(22-33)54-47(59)24-36-27-52-44-17-6-4-15-41(36)44/h2-18,20-22,26-28,32,40,52-53,58,63H,19,23-25,29-31H2,1H3,(H,54,59)(H,55,60)/b10-8+/t32-,40+,51+/m1/s1. The minimum Gasteiger partial charge on any atom is -0.394 e. The van der Waals surface area contributed by atoms with Crippen LogP contribution in [0.2, 0.25) is 0 Å². The molecule has 63 heavy (non-hydrogen) atoms. The van der Waals surface area contributed by atoms with Crippen LogP contribution in [0, 0.1) is 5.92 Å². The summed E-state index contributed by atoms with van der Waals surface area (Å²) in [4.78, 5) is 64.5. The van der Waals surface area contributed by atoms with Crippen LogP contribution in [-0.2, 0) is 57.1 Å². The lowest BCUT2D eigenvalue weighted by Crippen LogP contribution is -2.46. The van der Waals surface area contributed by atoms with Crippen LogP contribution in [0.15, 0.2) is 140 Å². The van der Waals surface area contributed by atoms with E-state index in [9.17, 15) is 29.4 Å². The Kier molecular flexibility index (Phi) is 11.2. The van der Waals surface area contributed by atoms with E-state index < -0.39 is 17.4 Å². The van der Waals surface area contributed by atoms with Crippen LogP contribution in [-0.4, -0.2) is 61.4 Å². The Morgan fingerprint density at radius 3 is 2.08 bits per heavy atom. The number of fused-ring (bicyclic) bond motifs is 4. The second-order valence-corrected chi connectivity index (χ2v) is 16.5. The molecule has 0 saturated carbocycles. The number of hydrogen-bond acceptors (Lipinski definition) is 6. The number of amides is 4. The highest BCUT2D eigenvalue weighted by molar-refractivity contribution is 6.08. The number of aliphatic hydroxyl groups excluding tert-OH is 1. The molecule has 7 aromatic rings. The second-order valence-electron chi connectivity index (χ2n) is 16.5. The van der Waals surface area contributed by atoms with E-state index in [0.29, 0.717) is 35.6 Å². The molecule has 12 heteroatoms. The molecule has 3 atom stereocenters.